The number of aliphatic hydroxyl groups excluding tert-OH is 1. The van der Waals surface area contributed by atoms with Crippen LogP contribution >= 0.6 is 0 Å². The van der Waals surface area contributed by atoms with Crippen molar-refractivity contribution >= 4 is 17.4 Å². The SMILES string of the molecule is C[SiH](C)O[Si](C)(C)CO. The molecule has 0 saturated heterocycles. The zero-order chi connectivity index (χ0) is 7.49. The zero-order valence-corrected chi connectivity index (χ0v) is 8.79. The van der Waals surface area contributed by atoms with Crippen LogP contribution in [0.5, 0.6) is 0 Å². The van der Waals surface area contributed by atoms with E-state index in [1.807, 2.05) is 13.1 Å². The molecule has 0 atom stereocenters. The predicted molar refractivity (Wildman–Crippen MR) is 44.5 cm³/mol. The lowest BCUT2D eigenvalue weighted by atomic mass is 11.7. The summed E-state index contributed by atoms with van der Waals surface area (Å²) in [5, 5.41) is 8.80. The molecule has 0 aliphatic heterocycles. The van der Waals surface area contributed by atoms with Crippen LogP contribution < -0.4 is 0 Å². The number of aliphatic hydroxyl groups is 1. The van der Waals surface area contributed by atoms with E-state index in [1.54, 1.807) is 0 Å². The van der Waals surface area contributed by atoms with E-state index < -0.39 is 17.4 Å². The van der Waals surface area contributed by atoms with Gasteiger partial charge < -0.3 is 9.22 Å². The molecule has 0 aromatic heterocycles. The van der Waals surface area contributed by atoms with Gasteiger partial charge in [-0.3, -0.25) is 0 Å². The summed E-state index contributed by atoms with van der Waals surface area (Å²) in [4.78, 5) is 0. The van der Waals surface area contributed by atoms with Gasteiger partial charge in [-0.25, -0.2) is 0 Å². The van der Waals surface area contributed by atoms with Gasteiger partial charge in [-0.05, 0) is 26.2 Å². The summed E-state index contributed by atoms with van der Waals surface area (Å²) in [6.07, 6.45) is 0.248. The fraction of sp³-hybridized carbons (Fsp3) is 1.00. The summed E-state index contributed by atoms with van der Waals surface area (Å²) < 4.78 is 5.61. The van der Waals surface area contributed by atoms with E-state index >= 15 is 0 Å². The van der Waals surface area contributed by atoms with E-state index in [-0.39, 0.29) is 6.23 Å². The fourth-order valence-corrected chi connectivity index (χ4v) is 6.08. The molecular weight excluding hydrogens is 148 g/mol. The molecule has 0 bridgehead atoms. The average molecular weight is 164 g/mol. The van der Waals surface area contributed by atoms with E-state index in [1.165, 1.54) is 0 Å². The van der Waals surface area contributed by atoms with Gasteiger partial charge in [-0.2, -0.15) is 0 Å². The topological polar surface area (TPSA) is 29.5 Å². The maximum Gasteiger partial charge on any atom is 0.198 e. The maximum atomic E-state index is 8.80. The van der Waals surface area contributed by atoms with Crippen molar-refractivity contribution in [3.63, 3.8) is 0 Å². The highest BCUT2D eigenvalue weighted by Gasteiger charge is 2.21. The number of hydrogen-bond acceptors (Lipinski definition) is 2. The van der Waals surface area contributed by atoms with Crippen molar-refractivity contribution in [3.8, 4) is 0 Å². The van der Waals surface area contributed by atoms with Crippen LogP contribution in [0.1, 0.15) is 0 Å². The van der Waals surface area contributed by atoms with Gasteiger partial charge in [-0.1, -0.05) is 0 Å². The quantitative estimate of drug-likeness (QED) is 0.623. The van der Waals surface area contributed by atoms with Gasteiger partial charge in [0, 0.05) is 0 Å². The minimum absolute atomic E-state index is 0.248. The Bertz CT molecular complexity index is 83.0. The van der Waals surface area contributed by atoms with E-state index in [0.29, 0.717) is 0 Å². The minimum atomic E-state index is -1.62. The lowest BCUT2D eigenvalue weighted by Crippen LogP contribution is -2.39. The van der Waals surface area contributed by atoms with Crippen molar-refractivity contribution < 1.29 is 9.22 Å². The van der Waals surface area contributed by atoms with Crippen LogP contribution in [0.15, 0.2) is 0 Å². The first-order chi connectivity index (χ1) is 3.98. The molecule has 0 aliphatic carbocycles. The van der Waals surface area contributed by atoms with Gasteiger partial charge in [0.15, 0.2) is 17.4 Å². The van der Waals surface area contributed by atoms with Crippen LogP contribution in [0.4, 0.5) is 0 Å². The van der Waals surface area contributed by atoms with Crippen molar-refractivity contribution in [2.45, 2.75) is 26.2 Å². The van der Waals surface area contributed by atoms with Crippen LogP contribution in [0.25, 0.3) is 0 Å². The van der Waals surface area contributed by atoms with Crippen LogP contribution in [-0.2, 0) is 4.12 Å². The number of rotatable bonds is 3. The Kier molecular flexibility index (Phi) is 3.64. The molecule has 0 aromatic rings. The first-order valence-corrected chi connectivity index (χ1v) is 9.16. The molecule has 0 spiro atoms. The normalized spacial score (nSPS) is 12.7. The van der Waals surface area contributed by atoms with Gasteiger partial charge in [-0.15, -0.1) is 0 Å². The molecule has 0 amide bonds. The van der Waals surface area contributed by atoms with Gasteiger partial charge >= 0.3 is 0 Å². The maximum absolute atomic E-state index is 8.80. The molecule has 0 fully saturated rings. The Morgan fingerprint density at radius 2 is 1.89 bits per heavy atom. The molecule has 0 rings (SSSR count). The Hall–Kier alpha value is 0.354. The molecule has 0 heterocycles. The summed E-state index contributed by atoms with van der Waals surface area (Å²) in [6.45, 7) is 8.34. The van der Waals surface area contributed by atoms with Crippen LogP contribution in [0.2, 0.25) is 26.2 Å². The Morgan fingerprint density at radius 3 is 2.00 bits per heavy atom. The van der Waals surface area contributed by atoms with Crippen LogP contribution in [-0.4, -0.2) is 28.7 Å². The van der Waals surface area contributed by atoms with Crippen molar-refractivity contribution in [2.75, 3.05) is 6.23 Å². The van der Waals surface area contributed by atoms with Crippen molar-refractivity contribution in [2.24, 2.45) is 0 Å². The molecule has 56 valence electrons. The Labute approximate surface area is 59.7 Å². The largest absolute Gasteiger partial charge is 0.457 e. The molecule has 0 saturated carbocycles. The lowest BCUT2D eigenvalue weighted by Gasteiger charge is -2.22. The predicted octanol–water partition coefficient (Wildman–Crippen LogP) is 0.723. The highest BCUT2D eigenvalue weighted by Crippen LogP contribution is 2.03. The lowest BCUT2D eigenvalue weighted by molar-refractivity contribution is 0.335. The third-order valence-electron chi connectivity index (χ3n) is 0.936. The van der Waals surface area contributed by atoms with Crippen molar-refractivity contribution in [1.82, 2.24) is 0 Å². The van der Waals surface area contributed by atoms with Crippen molar-refractivity contribution in [3.05, 3.63) is 0 Å². The standard InChI is InChI=1S/C5H16O2Si2/c1-8(2)7-9(3,4)5-6/h6,8H,5H2,1-4H3. The summed E-state index contributed by atoms with van der Waals surface area (Å²) in [5.41, 5.74) is 0. The van der Waals surface area contributed by atoms with E-state index in [2.05, 4.69) is 13.1 Å². The monoisotopic (exact) mass is 164 g/mol. The molecule has 0 aromatic carbocycles. The molecule has 2 nitrogen and oxygen atoms in total. The molecular formula is C5H16O2Si2. The molecule has 9 heavy (non-hydrogen) atoms. The van der Waals surface area contributed by atoms with Crippen LogP contribution in [0, 0.1) is 0 Å². The van der Waals surface area contributed by atoms with Crippen molar-refractivity contribution in [1.29, 1.82) is 0 Å². The number of hydrogen-bond donors (Lipinski definition) is 1. The summed E-state index contributed by atoms with van der Waals surface area (Å²) >= 11 is 0. The van der Waals surface area contributed by atoms with E-state index in [9.17, 15) is 0 Å². The second kappa shape index (κ2) is 3.50. The molecule has 0 unspecified atom stereocenters. The van der Waals surface area contributed by atoms with E-state index in [4.69, 9.17) is 9.22 Å². The van der Waals surface area contributed by atoms with Gasteiger partial charge in [0.2, 0.25) is 0 Å². The first-order valence-electron chi connectivity index (χ1n) is 3.26. The Balaban J connectivity index is 3.58. The van der Waals surface area contributed by atoms with Gasteiger partial charge in [0.05, 0.1) is 6.23 Å². The average Bonchev–Trinajstić information content (AvgIpc) is 1.63. The third-order valence-corrected chi connectivity index (χ3v) is 6.13. The summed E-state index contributed by atoms with van der Waals surface area (Å²) in [5.74, 6) is 0. The molecule has 4 heteroatoms. The zero-order valence-electron chi connectivity index (χ0n) is 6.64. The third kappa shape index (κ3) is 4.83. The smallest absolute Gasteiger partial charge is 0.198 e. The van der Waals surface area contributed by atoms with E-state index in [0.717, 1.165) is 0 Å². The molecule has 1 N–H and O–H groups in total. The molecule has 0 radical (unpaired) electrons. The second-order valence-electron chi connectivity index (χ2n) is 3.08. The van der Waals surface area contributed by atoms with Crippen LogP contribution in [0.3, 0.4) is 0 Å². The Morgan fingerprint density at radius 1 is 1.44 bits per heavy atom. The highest BCUT2D eigenvalue weighted by atomic mass is 28.4. The second-order valence-corrected chi connectivity index (χ2v) is 9.96. The first kappa shape index (κ1) is 9.35. The van der Waals surface area contributed by atoms with Gasteiger partial charge in [0.25, 0.3) is 0 Å². The summed E-state index contributed by atoms with van der Waals surface area (Å²) in [7, 11) is -2.53. The minimum Gasteiger partial charge on any atom is -0.457 e. The highest BCUT2D eigenvalue weighted by molar-refractivity contribution is 6.77. The van der Waals surface area contributed by atoms with Gasteiger partial charge in [0.1, 0.15) is 0 Å². The molecule has 0 aliphatic rings. The fourth-order valence-electron chi connectivity index (χ4n) is 0.675. The summed E-state index contributed by atoms with van der Waals surface area (Å²) in [6, 6.07) is 0.